The molecule has 0 aliphatic carbocycles. The molecule has 1 atom stereocenters. The van der Waals surface area contributed by atoms with Crippen molar-refractivity contribution in [2.45, 2.75) is 6.04 Å². The molecule has 1 aromatic carbocycles. The van der Waals surface area contributed by atoms with Crippen LogP contribution < -0.4 is 5.73 Å². The molecular formula is C13H18FN3O. The lowest BCUT2D eigenvalue weighted by Gasteiger charge is -2.38. The molecule has 1 unspecified atom stereocenters. The highest BCUT2D eigenvalue weighted by molar-refractivity contribution is 5.94. The summed E-state index contributed by atoms with van der Waals surface area (Å²) in [5.74, 6) is -0.717. The molecule has 0 radical (unpaired) electrons. The SMILES string of the molecule is CN1CCN(C(=O)c2ccccc2F)CC1CN. The number of nitrogens with two attached hydrogens (primary N) is 1. The van der Waals surface area contributed by atoms with E-state index in [1.165, 1.54) is 12.1 Å². The summed E-state index contributed by atoms with van der Waals surface area (Å²) in [5.41, 5.74) is 5.81. The minimum Gasteiger partial charge on any atom is -0.336 e. The molecule has 4 nitrogen and oxygen atoms in total. The second-order valence-corrected chi connectivity index (χ2v) is 4.60. The van der Waals surface area contributed by atoms with Crippen LogP contribution in [0.4, 0.5) is 4.39 Å². The van der Waals surface area contributed by atoms with Crippen molar-refractivity contribution in [1.29, 1.82) is 0 Å². The van der Waals surface area contributed by atoms with Crippen LogP contribution in [0.1, 0.15) is 10.4 Å². The third-order valence-corrected chi connectivity index (χ3v) is 3.44. The average molecular weight is 251 g/mol. The zero-order valence-corrected chi connectivity index (χ0v) is 10.5. The minimum absolute atomic E-state index is 0.137. The Balaban J connectivity index is 2.13. The van der Waals surface area contributed by atoms with Gasteiger partial charge in [-0.2, -0.15) is 0 Å². The first-order valence-electron chi connectivity index (χ1n) is 6.07. The van der Waals surface area contributed by atoms with Crippen LogP contribution in [0.15, 0.2) is 24.3 Å². The fourth-order valence-electron chi connectivity index (χ4n) is 2.19. The molecule has 98 valence electrons. The molecule has 1 aliphatic heterocycles. The van der Waals surface area contributed by atoms with Crippen molar-refractivity contribution >= 4 is 5.91 Å². The highest BCUT2D eigenvalue weighted by Gasteiger charge is 2.27. The van der Waals surface area contributed by atoms with E-state index in [4.69, 9.17) is 5.73 Å². The predicted octanol–water partition coefficient (Wildman–Crippen LogP) is 0.541. The Hall–Kier alpha value is -1.46. The molecule has 1 fully saturated rings. The van der Waals surface area contributed by atoms with Gasteiger partial charge in [-0.25, -0.2) is 4.39 Å². The molecule has 0 saturated carbocycles. The van der Waals surface area contributed by atoms with Gasteiger partial charge in [0.15, 0.2) is 0 Å². The molecule has 1 saturated heterocycles. The molecule has 1 aliphatic rings. The third kappa shape index (κ3) is 2.52. The summed E-state index contributed by atoms with van der Waals surface area (Å²) in [7, 11) is 1.99. The van der Waals surface area contributed by atoms with Gasteiger partial charge < -0.3 is 10.6 Å². The maximum atomic E-state index is 13.6. The number of nitrogens with zero attached hydrogens (tertiary/aromatic N) is 2. The Labute approximate surface area is 106 Å². The Kier molecular flexibility index (Phi) is 3.93. The standard InChI is InChI=1S/C13H18FN3O/c1-16-6-7-17(9-10(16)8-15)13(18)11-4-2-3-5-12(11)14/h2-5,10H,6-9,15H2,1H3. The summed E-state index contributed by atoms with van der Waals surface area (Å²) in [6, 6.07) is 6.23. The van der Waals surface area contributed by atoms with Gasteiger partial charge in [0, 0.05) is 32.2 Å². The number of amides is 1. The van der Waals surface area contributed by atoms with Crippen molar-refractivity contribution < 1.29 is 9.18 Å². The Morgan fingerprint density at radius 3 is 2.83 bits per heavy atom. The van der Waals surface area contributed by atoms with Crippen molar-refractivity contribution in [3.63, 3.8) is 0 Å². The zero-order chi connectivity index (χ0) is 13.1. The lowest BCUT2D eigenvalue weighted by Crippen LogP contribution is -2.55. The monoisotopic (exact) mass is 251 g/mol. The summed E-state index contributed by atoms with van der Waals surface area (Å²) in [6.07, 6.45) is 0. The van der Waals surface area contributed by atoms with Crippen LogP contribution in [-0.2, 0) is 0 Å². The van der Waals surface area contributed by atoms with Gasteiger partial charge in [0.05, 0.1) is 5.56 Å². The quantitative estimate of drug-likeness (QED) is 0.834. The van der Waals surface area contributed by atoms with Gasteiger partial charge in [-0.1, -0.05) is 12.1 Å². The van der Waals surface area contributed by atoms with E-state index in [0.717, 1.165) is 6.54 Å². The lowest BCUT2D eigenvalue weighted by molar-refractivity contribution is 0.0555. The van der Waals surface area contributed by atoms with Crippen molar-refractivity contribution in [2.24, 2.45) is 5.73 Å². The number of rotatable bonds is 2. The van der Waals surface area contributed by atoms with E-state index in [2.05, 4.69) is 4.90 Å². The summed E-state index contributed by atoms with van der Waals surface area (Å²) >= 11 is 0. The highest BCUT2D eigenvalue weighted by atomic mass is 19.1. The van der Waals surface area contributed by atoms with Crippen molar-refractivity contribution in [3.8, 4) is 0 Å². The summed E-state index contributed by atoms with van der Waals surface area (Å²) in [4.78, 5) is 16.0. The molecule has 0 bridgehead atoms. The molecule has 2 N–H and O–H groups in total. The maximum Gasteiger partial charge on any atom is 0.256 e. The number of carbonyl (C=O) groups is 1. The first-order chi connectivity index (χ1) is 8.63. The van der Waals surface area contributed by atoms with Gasteiger partial charge in [0.2, 0.25) is 0 Å². The highest BCUT2D eigenvalue weighted by Crippen LogP contribution is 2.14. The summed E-state index contributed by atoms with van der Waals surface area (Å²) in [5, 5.41) is 0. The molecule has 5 heteroatoms. The lowest BCUT2D eigenvalue weighted by atomic mass is 10.1. The number of carbonyl (C=O) groups excluding carboxylic acids is 1. The van der Waals surface area contributed by atoms with E-state index >= 15 is 0 Å². The fourth-order valence-corrected chi connectivity index (χ4v) is 2.19. The Morgan fingerprint density at radius 1 is 1.44 bits per heavy atom. The molecule has 1 heterocycles. The van der Waals surface area contributed by atoms with Gasteiger partial charge in [-0.15, -0.1) is 0 Å². The summed E-state index contributed by atoms with van der Waals surface area (Å²) < 4.78 is 13.6. The topological polar surface area (TPSA) is 49.6 Å². The minimum atomic E-state index is -0.467. The average Bonchev–Trinajstić information content (AvgIpc) is 2.39. The number of hydrogen-bond donors (Lipinski definition) is 1. The largest absolute Gasteiger partial charge is 0.336 e. The molecule has 1 aromatic rings. The molecular weight excluding hydrogens is 233 g/mol. The van der Waals surface area contributed by atoms with Crippen LogP contribution in [0.5, 0.6) is 0 Å². The van der Waals surface area contributed by atoms with Crippen molar-refractivity contribution in [1.82, 2.24) is 9.80 Å². The first kappa shape index (κ1) is 13.0. The van der Waals surface area contributed by atoms with E-state index in [1.807, 2.05) is 7.05 Å². The number of benzene rings is 1. The molecule has 2 rings (SSSR count). The van der Waals surface area contributed by atoms with Gasteiger partial charge in [0.1, 0.15) is 5.82 Å². The van der Waals surface area contributed by atoms with Crippen LogP contribution in [0, 0.1) is 5.82 Å². The molecule has 0 aromatic heterocycles. The molecule has 0 spiro atoms. The van der Waals surface area contributed by atoms with Crippen molar-refractivity contribution in [2.75, 3.05) is 33.2 Å². The number of halogens is 1. The van der Waals surface area contributed by atoms with Crippen molar-refractivity contribution in [3.05, 3.63) is 35.6 Å². The Morgan fingerprint density at radius 2 is 2.17 bits per heavy atom. The second-order valence-electron chi connectivity index (χ2n) is 4.60. The van der Waals surface area contributed by atoms with Gasteiger partial charge in [-0.05, 0) is 19.2 Å². The summed E-state index contributed by atoms with van der Waals surface area (Å²) in [6.45, 7) is 2.43. The van der Waals surface area contributed by atoms with E-state index in [0.29, 0.717) is 19.6 Å². The van der Waals surface area contributed by atoms with E-state index in [-0.39, 0.29) is 17.5 Å². The van der Waals surface area contributed by atoms with Crippen LogP contribution in [0.25, 0.3) is 0 Å². The van der Waals surface area contributed by atoms with Crippen LogP contribution >= 0.6 is 0 Å². The second kappa shape index (κ2) is 5.46. The molecule has 18 heavy (non-hydrogen) atoms. The molecule has 1 amide bonds. The normalized spacial score (nSPS) is 21.1. The zero-order valence-electron chi connectivity index (χ0n) is 10.5. The van der Waals surface area contributed by atoms with E-state index in [1.54, 1.807) is 17.0 Å². The number of piperazine rings is 1. The smallest absolute Gasteiger partial charge is 0.256 e. The van der Waals surface area contributed by atoms with Crippen LogP contribution in [-0.4, -0.2) is 55.0 Å². The van der Waals surface area contributed by atoms with Gasteiger partial charge in [0.25, 0.3) is 5.91 Å². The predicted molar refractivity (Wildman–Crippen MR) is 67.8 cm³/mol. The first-order valence-corrected chi connectivity index (χ1v) is 6.07. The van der Waals surface area contributed by atoms with E-state index < -0.39 is 5.82 Å². The third-order valence-electron chi connectivity index (χ3n) is 3.44. The van der Waals surface area contributed by atoms with E-state index in [9.17, 15) is 9.18 Å². The van der Waals surface area contributed by atoms with Crippen LogP contribution in [0.2, 0.25) is 0 Å². The van der Waals surface area contributed by atoms with Gasteiger partial charge in [-0.3, -0.25) is 9.69 Å². The number of likely N-dealkylation sites (N-methyl/N-ethyl adjacent to an activating group) is 1. The van der Waals surface area contributed by atoms with Gasteiger partial charge >= 0.3 is 0 Å². The Bertz CT molecular complexity index is 438. The fraction of sp³-hybridized carbons (Fsp3) is 0.462. The number of hydrogen-bond acceptors (Lipinski definition) is 3. The van der Waals surface area contributed by atoms with Crippen LogP contribution in [0.3, 0.4) is 0 Å². The maximum absolute atomic E-state index is 13.6.